The molecule has 1 aliphatic rings. The molecule has 0 bridgehead atoms. The first kappa shape index (κ1) is 17.3. The maximum Gasteiger partial charge on any atom is 0.129 e. The highest BCUT2D eigenvalue weighted by atomic mass is 16.5. The molecule has 4 nitrogen and oxygen atoms in total. The molecule has 1 aliphatic heterocycles. The quantitative estimate of drug-likeness (QED) is 0.752. The van der Waals surface area contributed by atoms with Gasteiger partial charge in [0.05, 0.1) is 12.8 Å². The molecule has 25 heavy (non-hydrogen) atoms. The first-order valence-electron chi connectivity index (χ1n) is 8.92. The Morgan fingerprint density at radius 3 is 2.36 bits per heavy atom. The van der Waals surface area contributed by atoms with Gasteiger partial charge in [-0.25, -0.2) is 0 Å². The lowest BCUT2D eigenvalue weighted by Crippen LogP contribution is -2.29. The predicted octanol–water partition coefficient (Wildman–Crippen LogP) is 4.50. The maximum absolute atomic E-state index is 5.59. The fraction of sp³-hybridized carbons (Fsp3) is 0.381. The van der Waals surface area contributed by atoms with Crippen LogP contribution in [0.4, 0.5) is 17.1 Å². The fourth-order valence-corrected chi connectivity index (χ4v) is 3.14. The van der Waals surface area contributed by atoms with Crippen LogP contribution in [0, 0.1) is 0 Å². The van der Waals surface area contributed by atoms with Crippen molar-refractivity contribution in [3.63, 3.8) is 0 Å². The van der Waals surface area contributed by atoms with E-state index in [-0.39, 0.29) is 0 Å². The van der Waals surface area contributed by atoms with Crippen LogP contribution in [0.25, 0.3) is 0 Å². The van der Waals surface area contributed by atoms with E-state index in [4.69, 9.17) is 4.74 Å². The van der Waals surface area contributed by atoms with Gasteiger partial charge in [-0.2, -0.15) is 0 Å². The molecule has 132 valence electrons. The predicted molar refractivity (Wildman–Crippen MR) is 107 cm³/mol. The normalized spacial score (nSPS) is 14.8. The van der Waals surface area contributed by atoms with E-state index in [0.29, 0.717) is 0 Å². The summed E-state index contributed by atoms with van der Waals surface area (Å²) in [6.45, 7) is 2.27. The summed E-state index contributed by atoms with van der Waals surface area (Å²) in [6, 6.07) is 14.6. The van der Waals surface area contributed by atoms with E-state index in [0.717, 1.165) is 30.1 Å². The van der Waals surface area contributed by atoms with E-state index in [9.17, 15) is 0 Å². The molecule has 0 N–H and O–H groups in total. The number of anilines is 2. The molecule has 0 radical (unpaired) electrons. The summed E-state index contributed by atoms with van der Waals surface area (Å²) >= 11 is 0. The minimum atomic E-state index is 0.872. The Hall–Kier alpha value is -2.49. The number of methoxy groups -OCH3 is 1. The molecule has 0 spiro atoms. The Morgan fingerprint density at radius 2 is 1.72 bits per heavy atom. The largest absolute Gasteiger partial charge is 0.496 e. The molecule has 1 saturated heterocycles. The SMILES string of the molecule is COc1cc(N2CCCCC2)ccc1C=Nc1ccc(N(C)C)cc1. The highest BCUT2D eigenvalue weighted by Gasteiger charge is 2.12. The van der Waals surface area contributed by atoms with Crippen LogP contribution in [0.3, 0.4) is 0 Å². The van der Waals surface area contributed by atoms with Crippen LogP contribution in [-0.2, 0) is 0 Å². The van der Waals surface area contributed by atoms with E-state index in [2.05, 4.69) is 45.1 Å². The van der Waals surface area contributed by atoms with Crippen molar-refractivity contribution in [3.05, 3.63) is 48.0 Å². The van der Waals surface area contributed by atoms with Gasteiger partial charge in [0.15, 0.2) is 0 Å². The van der Waals surface area contributed by atoms with E-state index in [1.807, 2.05) is 32.4 Å². The van der Waals surface area contributed by atoms with E-state index in [1.54, 1.807) is 7.11 Å². The van der Waals surface area contributed by atoms with Gasteiger partial charge in [0.25, 0.3) is 0 Å². The maximum atomic E-state index is 5.59. The highest BCUT2D eigenvalue weighted by molar-refractivity contribution is 5.86. The van der Waals surface area contributed by atoms with Crippen LogP contribution in [-0.4, -0.2) is 40.5 Å². The first-order chi connectivity index (χ1) is 12.2. The fourth-order valence-electron chi connectivity index (χ4n) is 3.14. The summed E-state index contributed by atoms with van der Waals surface area (Å²) in [5.41, 5.74) is 4.35. The second-order valence-corrected chi connectivity index (χ2v) is 6.64. The molecule has 0 saturated carbocycles. The summed E-state index contributed by atoms with van der Waals surface area (Å²) < 4.78 is 5.59. The molecule has 1 heterocycles. The number of piperidine rings is 1. The lowest BCUT2D eigenvalue weighted by molar-refractivity contribution is 0.414. The van der Waals surface area contributed by atoms with Crippen molar-refractivity contribution in [2.75, 3.05) is 44.1 Å². The Balaban J connectivity index is 1.77. The number of ether oxygens (including phenoxy) is 1. The molecule has 0 unspecified atom stereocenters. The number of hydrogen-bond donors (Lipinski definition) is 0. The number of aliphatic imine (C=N–C) groups is 1. The summed E-state index contributed by atoms with van der Waals surface area (Å²) in [7, 11) is 5.79. The Kier molecular flexibility index (Phi) is 5.59. The number of benzene rings is 2. The standard InChI is InChI=1S/C21H27N3O/c1-23(2)19-11-8-18(9-12-19)22-16-17-7-10-20(15-21(17)25-3)24-13-5-4-6-14-24/h7-12,15-16H,4-6,13-14H2,1-3H3. The third kappa shape index (κ3) is 4.32. The van der Waals surface area contributed by atoms with E-state index in [1.165, 1.54) is 30.6 Å². The molecule has 3 rings (SSSR count). The molecule has 0 aliphatic carbocycles. The summed E-state index contributed by atoms with van der Waals surface area (Å²) in [5, 5.41) is 0. The molecule has 2 aromatic rings. The molecular formula is C21H27N3O. The minimum absolute atomic E-state index is 0.872. The van der Waals surface area contributed by atoms with Crippen molar-refractivity contribution in [1.82, 2.24) is 0 Å². The smallest absolute Gasteiger partial charge is 0.129 e. The van der Waals surface area contributed by atoms with Crippen molar-refractivity contribution in [3.8, 4) is 5.75 Å². The van der Waals surface area contributed by atoms with Gasteiger partial charge in [-0.1, -0.05) is 0 Å². The van der Waals surface area contributed by atoms with Crippen LogP contribution >= 0.6 is 0 Å². The molecule has 0 amide bonds. The van der Waals surface area contributed by atoms with Crippen LogP contribution in [0.1, 0.15) is 24.8 Å². The Labute approximate surface area is 150 Å². The lowest BCUT2D eigenvalue weighted by Gasteiger charge is -2.29. The zero-order valence-electron chi connectivity index (χ0n) is 15.4. The van der Waals surface area contributed by atoms with Gasteiger partial charge in [-0.3, -0.25) is 4.99 Å². The van der Waals surface area contributed by atoms with Crippen molar-refractivity contribution in [2.45, 2.75) is 19.3 Å². The molecule has 1 fully saturated rings. The number of nitrogens with zero attached hydrogens (tertiary/aromatic N) is 3. The van der Waals surface area contributed by atoms with Crippen molar-refractivity contribution in [2.24, 2.45) is 4.99 Å². The second-order valence-electron chi connectivity index (χ2n) is 6.64. The van der Waals surface area contributed by atoms with Gasteiger partial charge in [0.2, 0.25) is 0 Å². The van der Waals surface area contributed by atoms with Gasteiger partial charge in [-0.15, -0.1) is 0 Å². The average molecular weight is 337 g/mol. The van der Waals surface area contributed by atoms with Gasteiger partial charge in [0, 0.05) is 56.4 Å². The zero-order valence-corrected chi connectivity index (χ0v) is 15.4. The summed E-state index contributed by atoms with van der Waals surface area (Å²) in [5.74, 6) is 0.872. The monoisotopic (exact) mass is 337 g/mol. The summed E-state index contributed by atoms with van der Waals surface area (Å²) in [4.78, 5) is 9.11. The van der Waals surface area contributed by atoms with E-state index < -0.39 is 0 Å². The van der Waals surface area contributed by atoms with Crippen molar-refractivity contribution < 1.29 is 4.74 Å². The van der Waals surface area contributed by atoms with E-state index >= 15 is 0 Å². The first-order valence-corrected chi connectivity index (χ1v) is 8.92. The van der Waals surface area contributed by atoms with Gasteiger partial charge in [-0.05, 0) is 55.7 Å². The number of rotatable bonds is 5. The van der Waals surface area contributed by atoms with Crippen LogP contribution < -0.4 is 14.5 Å². The lowest BCUT2D eigenvalue weighted by atomic mass is 10.1. The molecule has 0 aromatic heterocycles. The van der Waals surface area contributed by atoms with Crippen molar-refractivity contribution >= 4 is 23.3 Å². The topological polar surface area (TPSA) is 28.1 Å². The summed E-state index contributed by atoms with van der Waals surface area (Å²) in [6.07, 6.45) is 5.76. The van der Waals surface area contributed by atoms with Gasteiger partial charge >= 0.3 is 0 Å². The van der Waals surface area contributed by atoms with Gasteiger partial charge in [0.1, 0.15) is 5.75 Å². The molecule has 4 heteroatoms. The van der Waals surface area contributed by atoms with Gasteiger partial charge < -0.3 is 14.5 Å². The molecule has 0 atom stereocenters. The van der Waals surface area contributed by atoms with Crippen LogP contribution in [0.5, 0.6) is 5.75 Å². The van der Waals surface area contributed by atoms with Crippen LogP contribution in [0.15, 0.2) is 47.5 Å². The Morgan fingerprint density at radius 1 is 1.00 bits per heavy atom. The van der Waals surface area contributed by atoms with Crippen LogP contribution in [0.2, 0.25) is 0 Å². The Bertz CT molecular complexity index is 716. The second kappa shape index (κ2) is 8.06. The molecular weight excluding hydrogens is 310 g/mol. The number of hydrogen-bond acceptors (Lipinski definition) is 4. The third-order valence-electron chi connectivity index (χ3n) is 4.66. The third-order valence-corrected chi connectivity index (χ3v) is 4.66. The minimum Gasteiger partial charge on any atom is -0.496 e. The molecule has 2 aromatic carbocycles. The zero-order chi connectivity index (χ0) is 17.6. The van der Waals surface area contributed by atoms with Crippen molar-refractivity contribution in [1.29, 1.82) is 0 Å². The highest BCUT2D eigenvalue weighted by Crippen LogP contribution is 2.27. The average Bonchev–Trinajstić information content (AvgIpc) is 2.67.